The van der Waals surface area contributed by atoms with Crippen molar-refractivity contribution in [2.45, 2.75) is 56.6 Å². The van der Waals surface area contributed by atoms with E-state index in [9.17, 15) is 13.2 Å². The van der Waals surface area contributed by atoms with E-state index in [4.69, 9.17) is 9.47 Å². The Morgan fingerprint density at radius 2 is 1.87 bits per heavy atom. The summed E-state index contributed by atoms with van der Waals surface area (Å²) in [6, 6.07) is 11.9. The van der Waals surface area contributed by atoms with E-state index in [1.54, 1.807) is 51.1 Å². The summed E-state index contributed by atoms with van der Waals surface area (Å²) < 4.78 is 40.5. The molecule has 0 saturated heterocycles. The van der Waals surface area contributed by atoms with Crippen molar-refractivity contribution < 1.29 is 22.7 Å². The van der Waals surface area contributed by atoms with Gasteiger partial charge in [-0.3, -0.25) is 0 Å². The van der Waals surface area contributed by atoms with Crippen LogP contribution in [0.1, 0.15) is 50.8 Å². The second kappa shape index (κ2) is 9.23. The van der Waals surface area contributed by atoms with Crippen molar-refractivity contribution in [3.05, 3.63) is 57.2 Å². The summed E-state index contributed by atoms with van der Waals surface area (Å²) in [6.07, 6.45) is 2.29. The van der Waals surface area contributed by atoms with Crippen LogP contribution in [0.3, 0.4) is 0 Å². The Morgan fingerprint density at radius 1 is 1.17 bits per heavy atom. The highest BCUT2D eigenvalue weighted by Crippen LogP contribution is 2.36. The minimum Gasteiger partial charge on any atom is -0.482 e. The number of sulfonamides is 1. The van der Waals surface area contributed by atoms with Crippen LogP contribution in [0.5, 0.6) is 5.75 Å². The lowest BCUT2D eigenvalue weighted by atomic mass is 9.87. The van der Waals surface area contributed by atoms with Crippen LogP contribution in [0.25, 0.3) is 0 Å². The van der Waals surface area contributed by atoms with Gasteiger partial charge in [0, 0.05) is 9.61 Å². The number of halogens is 1. The largest absolute Gasteiger partial charge is 0.482 e. The molecule has 0 amide bonds. The van der Waals surface area contributed by atoms with Crippen LogP contribution in [0.15, 0.2) is 47.4 Å². The standard InChI is InChI=1S/C22H26INO5S/c1-22(2,3)29-21(25)14-28-20-9-5-6-17-18(20)7-4-8-19(17)24-30(26,27)16-12-10-15(23)11-13-16/h5-6,9-13,19,24H,4,7-8,14H2,1-3H3. The lowest BCUT2D eigenvalue weighted by Crippen LogP contribution is -2.31. The monoisotopic (exact) mass is 543 g/mol. The van der Waals surface area contributed by atoms with Crippen molar-refractivity contribution in [3.8, 4) is 5.75 Å². The summed E-state index contributed by atoms with van der Waals surface area (Å²) in [5, 5.41) is 0. The molecule has 0 aromatic heterocycles. The molecular formula is C22H26INO5S. The molecule has 1 N–H and O–H groups in total. The van der Waals surface area contributed by atoms with Crippen LogP contribution in [0, 0.1) is 3.57 Å². The molecule has 0 aliphatic heterocycles. The predicted molar refractivity (Wildman–Crippen MR) is 123 cm³/mol. The molecule has 0 spiro atoms. The number of esters is 1. The van der Waals surface area contributed by atoms with E-state index < -0.39 is 21.6 Å². The van der Waals surface area contributed by atoms with Gasteiger partial charge in [-0.25, -0.2) is 17.9 Å². The van der Waals surface area contributed by atoms with Gasteiger partial charge >= 0.3 is 5.97 Å². The topological polar surface area (TPSA) is 81.7 Å². The molecule has 30 heavy (non-hydrogen) atoms. The Labute approximate surface area is 191 Å². The molecule has 8 heteroatoms. The molecule has 3 rings (SSSR count). The van der Waals surface area contributed by atoms with Crippen molar-refractivity contribution in [2.75, 3.05) is 6.61 Å². The zero-order valence-electron chi connectivity index (χ0n) is 17.3. The maximum absolute atomic E-state index is 12.8. The maximum Gasteiger partial charge on any atom is 0.344 e. The fraction of sp³-hybridized carbons (Fsp3) is 0.409. The molecule has 2 aromatic carbocycles. The first-order chi connectivity index (χ1) is 14.0. The van der Waals surface area contributed by atoms with E-state index in [2.05, 4.69) is 27.3 Å². The molecule has 0 fully saturated rings. The first-order valence-corrected chi connectivity index (χ1v) is 12.4. The molecule has 1 aliphatic carbocycles. The van der Waals surface area contributed by atoms with Crippen molar-refractivity contribution in [1.82, 2.24) is 4.72 Å². The third-order valence-electron chi connectivity index (χ3n) is 4.65. The highest BCUT2D eigenvalue weighted by molar-refractivity contribution is 14.1. The van der Waals surface area contributed by atoms with Gasteiger partial charge in [0.15, 0.2) is 6.61 Å². The number of carbonyl (C=O) groups excluding carboxylic acids is 1. The summed E-state index contributed by atoms with van der Waals surface area (Å²) in [6.45, 7) is 5.23. The van der Waals surface area contributed by atoms with Gasteiger partial charge in [-0.2, -0.15) is 0 Å². The summed E-state index contributed by atoms with van der Waals surface area (Å²) >= 11 is 2.14. The third kappa shape index (κ3) is 5.95. The highest BCUT2D eigenvalue weighted by Gasteiger charge is 2.28. The van der Waals surface area contributed by atoms with Crippen LogP contribution in [-0.2, 0) is 26.0 Å². The zero-order chi connectivity index (χ0) is 21.9. The summed E-state index contributed by atoms with van der Waals surface area (Å²) in [4.78, 5) is 12.2. The second-order valence-electron chi connectivity index (χ2n) is 8.22. The van der Waals surface area contributed by atoms with Crippen molar-refractivity contribution in [2.24, 2.45) is 0 Å². The van der Waals surface area contributed by atoms with E-state index >= 15 is 0 Å². The van der Waals surface area contributed by atoms with Crippen molar-refractivity contribution >= 4 is 38.6 Å². The molecular weight excluding hydrogens is 517 g/mol. The molecule has 1 unspecified atom stereocenters. The van der Waals surface area contributed by atoms with E-state index in [1.165, 1.54) is 0 Å². The van der Waals surface area contributed by atoms with Gasteiger partial charge in [-0.05, 0) is 104 Å². The van der Waals surface area contributed by atoms with Gasteiger partial charge in [0.25, 0.3) is 0 Å². The van der Waals surface area contributed by atoms with Crippen LogP contribution in [0.4, 0.5) is 0 Å². The Hall–Kier alpha value is -1.65. The number of ether oxygens (including phenoxy) is 2. The number of carbonyl (C=O) groups is 1. The molecule has 6 nitrogen and oxygen atoms in total. The van der Waals surface area contributed by atoms with Gasteiger partial charge in [-0.1, -0.05) is 12.1 Å². The quantitative estimate of drug-likeness (QED) is 0.433. The van der Waals surface area contributed by atoms with E-state index in [1.807, 2.05) is 12.1 Å². The maximum atomic E-state index is 12.8. The Morgan fingerprint density at radius 3 is 2.53 bits per heavy atom. The molecule has 0 radical (unpaired) electrons. The number of rotatable bonds is 6. The average Bonchev–Trinajstić information content (AvgIpc) is 2.65. The number of hydrogen-bond acceptors (Lipinski definition) is 5. The van der Waals surface area contributed by atoms with Gasteiger partial charge in [0.05, 0.1) is 4.90 Å². The number of hydrogen-bond donors (Lipinski definition) is 1. The number of fused-ring (bicyclic) bond motifs is 1. The van der Waals surface area contributed by atoms with Crippen LogP contribution < -0.4 is 9.46 Å². The van der Waals surface area contributed by atoms with E-state index in [-0.39, 0.29) is 17.5 Å². The molecule has 1 aliphatic rings. The number of nitrogens with one attached hydrogen (secondary N) is 1. The first-order valence-electron chi connectivity index (χ1n) is 9.79. The molecule has 0 bridgehead atoms. The van der Waals surface area contributed by atoms with E-state index in [0.29, 0.717) is 12.2 Å². The lowest BCUT2D eigenvalue weighted by molar-refractivity contribution is -0.157. The smallest absolute Gasteiger partial charge is 0.344 e. The first kappa shape index (κ1) is 23.0. The number of benzene rings is 2. The fourth-order valence-corrected chi connectivity index (χ4v) is 5.06. The second-order valence-corrected chi connectivity index (χ2v) is 11.2. The lowest BCUT2D eigenvalue weighted by Gasteiger charge is -2.28. The molecule has 0 saturated carbocycles. The van der Waals surface area contributed by atoms with Crippen molar-refractivity contribution in [1.29, 1.82) is 0 Å². The minimum absolute atomic E-state index is 0.188. The van der Waals surface area contributed by atoms with Crippen LogP contribution in [-0.4, -0.2) is 26.6 Å². The van der Waals surface area contributed by atoms with Crippen LogP contribution >= 0.6 is 22.6 Å². The van der Waals surface area contributed by atoms with Crippen molar-refractivity contribution in [3.63, 3.8) is 0 Å². The Bertz CT molecular complexity index is 1010. The summed E-state index contributed by atoms with van der Waals surface area (Å²) in [5.74, 6) is 0.156. The zero-order valence-corrected chi connectivity index (χ0v) is 20.2. The fourth-order valence-electron chi connectivity index (χ4n) is 3.45. The summed E-state index contributed by atoms with van der Waals surface area (Å²) in [5.41, 5.74) is 1.25. The SMILES string of the molecule is CC(C)(C)OC(=O)COc1cccc2c1CCCC2NS(=O)(=O)c1ccc(I)cc1. The minimum atomic E-state index is -3.65. The Kier molecular flexibility index (Phi) is 7.09. The molecule has 162 valence electrons. The van der Waals surface area contributed by atoms with Gasteiger partial charge in [0.1, 0.15) is 11.4 Å². The van der Waals surface area contributed by atoms with Gasteiger partial charge < -0.3 is 9.47 Å². The third-order valence-corrected chi connectivity index (χ3v) is 6.86. The Balaban J connectivity index is 1.77. The van der Waals surface area contributed by atoms with Gasteiger partial charge in [0.2, 0.25) is 10.0 Å². The predicted octanol–water partition coefficient (Wildman–Crippen LogP) is 4.37. The van der Waals surface area contributed by atoms with Gasteiger partial charge in [-0.15, -0.1) is 0 Å². The van der Waals surface area contributed by atoms with E-state index in [0.717, 1.165) is 27.5 Å². The normalized spacial score (nSPS) is 16.6. The highest BCUT2D eigenvalue weighted by atomic mass is 127. The molecule has 1 atom stereocenters. The summed E-state index contributed by atoms with van der Waals surface area (Å²) in [7, 11) is -3.65. The molecule has 0 heterocycles. The van der Waals surface area contributed by atoms with Crippen LogP contribution in [0.2, 0.25) is 0 Å². The molecule has 2 aromatic rings. The average molecular weight is 543 g/mol.